The second kappa shape index (κ2) is 6.17. The Morgan fingerprint density at radius 3 is 2.61 bits per heavy atom. The minimum atomic E-state index is 0.485. The Bertz CT molecular complexity index is 1310. The number of para-hydroxylation sites is 2. The van der Waals surface area contributed by atoms with Gasteiger partial charge in [-0.1, -0.05) is 30.3 Å². The second-order valence-corrected chi connectivity index (χ2v) is 7.80. The molecule has 0 amide bonds. The van der Waals surface area contributed by atoms with E-state index in [2.05, 4.69) is 36.9 Å². The first kappa shape index (κ1) is 15.8. The van der Waals surface area contributed by atoms with Crippen LogP contribution in [0.25, 0.3) is 27.8 Å². The summed E-state index contributed by atoms with van der Waals surface area (Å²) in [5.74, 6) is 1.50. The Hall–Kier alpha value is -3.19. The molecule has 0 N–H and O–H groups in total. The summed E-state index contributed by atoms with van der Waals surface area (Å²) in [7, 11) is 0. The highest BCUT2D eigenvalue weighted by Crippen LogP contribution is 2.42. The molecule has 0 aliphatic heterocycles. The molecule has 6 nitrogen and oxygen atoms in total. The molecule has 1 aliphatic carbocycles. The van der Waals surface area contributed by atoms with Crippen molar-refractivity contribution < 1.29 is 4.42 Å². The topological polar surface area (TPSA) is 69.6 Å². The first-order valence-corrected chi connectivity index (χ1v) is 10.0. The maximum absolute atomic E-state index is 6.06. The average molecular weight is 385 g/mol. The van der Waals surface area contributed by atoms with Crippen LogP contribution in [-0.2, 0) is 0 Å². The Balaban J connectivity index is 1.50. The fourth-order valence-corrected chi connectivity index (χ4v) is 4.31. The summed E-state index contributed by atoms with van der Waals surface area (Å²) in [4.78, 5) is 8.91. The molecule has 7 heteroatoms. The molecular formula is C21H15N5OS. The summed E-state index contributed by atoms with van der Waals surface area (Å²) in [5, 5.41) is 11.5. The van der Waals surface area contributed by atoms with Crippen LogP contribution in [0.2, 0.25) is 0 Å². The van der Waals surface area contributed by atoms with Crippen LogP contribution < -0.4 is 0 Å². The van der Waals surface area contributed by atoms with E-state index < -0.39 is 0 Å². The molecule has 3 heterocycles. The van der Waals surface area contributed by atoms with Gasteiger partial charge in [0.2, 0.25) is 5.16 Å². The van der Waals surface area contributed by atoms with Crippen LogP contribution in [0.15, 0.2) is 75.5 Å². The molecule has 6 rings (SSSR count). The average Bonchev–Trinajstić information content (AvgIpc) is 3.39. The third-order valence-electron chi connectivity index (χ3n) is 4.93. The quantitative estimate of drug-likeness (QED) is 0.406. The van der Waals surface area contributed by atoms with Gasteiger partial charge in [-0.05, 0) is 48.9 Å². The van der Waals surface area contributed by atoms with Gasteiger partial charge in [-0.15, -0.1) is 10.2 Å². The molecule has 28 heavy (non-hydrogen) atoms. The van der Waals surface area contributed by atoms with Gasteiger partial charge in [0.25, 0.3) is 0 Å². The van der Waals surface area contributed by atoms with Crippen LogP contribution >= 0.6 is 11.8 Å². The lowest BCUT2D eigenvalue weighted by molar-refractivity contribution is 0.653. The first-order chi connectivity index (χ1) is 13.9. The predicted octanol–water partition coefficient (Wildman–Crippen LogP) is 4.99. The number of furan rings is 1. The van der Waals surface area contributed by atoms with Gasteiger partial charge in [0.1, 0.15) is 23.3 Å². The molecule has 136 valence electrons. The highest BCUT2D eigenvalue weighted by Gasteiger charge is 2.31. The normalized spacial score (nSPS) is 14.1. The van der Waals surface area contributed by atoms with Crippen LogP contribution in [0, 0.1) is 0 Å². The Kier molecular flexibility index (Phi) is 3.49. The molecule has 0 bridgehead atoms. The van der Waals surface area contributed by atoms with Crippen LogP contribution in [0.1, 0.15) is 24.6 Å². The number of hydrogen-bond acceptors (Lipinski definition) is 6. The van der Waals surface area contributed by atoms with E-state index in [9.17, 15) is 0 Å². The van der Waals surface area contributed by atoms with Crippen molar-refractivity contribution in [3.05, 3.63) is 66.7 Å². The highest BCUT2D eigenvalue weighted by atomic mass is 32.2. The number of aromatic nitrogens is 5. The van der Waals surface area contributed by atoms with E-state index in [4.69, 9.17) is 4.42 Å². The molecule has 0 unspecified atom stereocenters. The molecule has 3 aromatic heterocycles. The van der Waals surface area contributed by atoms with E-state index in [1.807, 2.05) is 42.5 Å². The predicted molar refractivity (Wildman–Crippen MR) is 107 cm³/mol. The summed E-state index contributed by atoms with van der Waals surface area (Å²) in [6, 6.07) is 18.1. The van der Waals surface area contributed by atoms with E-state index in [0.717, 1.165) is 51.0 Å². The maximum Gasteiger partial charge on any atom is 0.202 e. The van der Waals surface area contributed by atoms with Gasteiger partial charge in [-0.3, -0.25) is 4.57 Å². The lowest BCUT2D eigenvalue weighted by Crippen LogP contribution is -2.01. The van der Waals surface area contributed by atoms with Crippen molar-refractivity contribution in [2.75, 3.05) is 0 Å². The summed E-state index contributed by atoms with van der Waals surface area (Å²) < 4.78 is 8.20. The van der Waals surface area contributed by atoms with E-state index in [0.29, 0.717) is 11.5 Å². The molecule has 0 spiro atoms. The van der Waals surface area contributed by atoms with E-state index in [-0.39, 0.29) is 0 Å². The van der Waals surface area contributed by atoms with E-state index >= 15 is 0 Å². The van der Waals surface area contributed by atoms with Crippen LogP contribution in [0.3, 0.4) is 0 Å². The first-order valence-electron chi connectivity index (χ1n) is 9.19. The van der Waals surface area contributed by atoms with E-state index in [1.54, 1.807) is 6.33 Å². The molecule has 2 aromatic carbocycles. The van der Waals surface area contributed by atoms with Gasteiger partial charge in [0.15, 0.2) is 10.6 Å². The zero-order chi connectivity index (χ0) is 18.5. The third-order valence-corrected chi connectivity index (χ3v) is 5.86. The molecule has 0 radical (unpaired) electrons. The zero-order valence-corrected chi connectivity index (χ0v) is 15.6. The van der Waals surface area contributed by atoms with Crippen LogP contribution in [0.4, 0.5) is 0 Å². The largest absolute Gasteiger partial charge is 0.451 e. The van der Waals surface area contributed by atoms with Gasteiger partial charge < -0.3 is 4.42 Å². The number of benzene rings is 2. The fraction of sp³-hybridized carbons (Fsp3) is 0.143. The van der Waals surface area contributed by atoms with Crippen molar-refractivity contribution in [2.24, 2.45) is 0 Å². The van der Waals surface area contributed by atoms with Gasteiger partial charge in [0.05, 0.1) is 0 Å². The number of nitrogens with zero attached hydrogens (tertiary/aromatic N) is 5. The Labute approximate surface area is 164 Å². The van der Waals surface area contributed by atoms with Crippen molar-refractivity contribution in [1.29, 1.82) is 0 Å². The zero-order valence-electron chi connectivity index (χ0n) is 14.8. The lowest BCUT2D eigenvalue weighted by atomic mass is 10.2. The van der Waals surface area contributed by atoms with Gasteiger partial charge >= 0.3 is 0 Å². The van der Waals surface area contributed by atoms with Crippen molar-refractivity contribution >= 4 is 33.8 Å². The number of rotatable bonds is 4. The summed E-state index contributed by atoms with van der Waals surface area (Å²) in [5.41, 5.74) is 3.38. The van der Waals surface area contributed by atoms with E-state index in [1.165, 1.54) is 11.8 Å². The smallest absolute Gasteiger partial charge is 0.202 e. The fourth-order valence-electron chi connectivity index (χ4n) is 3.43. The third kappa shape index (κ3) is 2.51. The van der Waals surface area contributed by atoms with Gasteiger partial charge in [0, 0.05) is 17.0 Å². The summed E-state index contributed by atoms with van der Waals surface area (Å²) >= 11 is 1.46. The Morgan fingerprint density at radius 2 is 1.75 bits per heavy atom. The standard InChI is InChI=1S/C21H15N5OS/c1-2-6-14(7-3-1)26-19(13-10-11-13)24-25-21(26)28-20-18-17(22-12-23-20)15-8-4-5-9-16(15)27-18/h1-9,12-13H,10-11H2. The minimum Gasteiger partial charge on any atom is -0.451 e. The molecule has 5 aromatic rings. The van der Waals surface area contributed by atoms with Crippen LogP contribution in [-0.4, -0.2) is 24.7 Å². The van der Waals surface area contributed by atoms with Crippen molar-refractivity contribution in [2.45, 2.75) is 28.9 Å². The molecular weight excluding hydrogens is 370 g/mol. The lowest BCUT2D eigenvalue weighted by Gasteiger charge is -2.09. The van der Waals surface area contributed by atoms with Crippen molar-refractivity contribution in [3.63, 3.8) is 0 Å². The summed E-state index contributed by atoms with van der Waals surface area (Å²) in [6.45, 7) is 0. The monoisotopic (exact) mass is 385 g/mol. The molecule has 1 fully saturated rings. The SMILES string of the molecule is c1ccc(-n2c(Sc3ncnc4c3oc3ccccc34)nnc2C2CC2)cc1. The van der Waals surface area contributed by atoms with Gasteiger partial charge in [-0.2, -0.15) is 0 Å². The van der Waals surface area contributed by atoms with Crippen molar-refractivity contribution in [3.8, 4) is 5.69 Å². The highest BCUT2D eigenvalue weighted by molar-refractivity contribution is 7.99. The molecule has 1 saturated carbocycles. The number of fused-ring (bicyclic) bond motifs is 3. The van der Waals surface area contributed by atoms with Crippen LogP contribution in [0.5, 0.6) is 0 Å². The molecule has 0 atom stereocenters. The Morgan fingerprint density at radius 1 is 0.929 bits per heavy atom. The van der Waals surface area contributed by atoms with Crippen molar-refractivity contribution in [1.82, 2.24) is 24.7 Å². The summed E-state index contributed by atoms with van der Waals surface area (Å²) in [6.07, 6.45) is 3.91. The molecule has 1 aliphatic rings. The maximum atomic E-state index is 6.06. The second-order valence-electron chi connectivity index (χ2n) is 6.84. The minimum absolute atomic E-state index is 0.485. The number of hydrogen-bond donors (Lipinski definition) is 0. The molecule has 0 saturated heterocycles. The van der Waals surface area contributed by atoms with Gasteiger partial charge in [-0.25, -0.2) is 9.97 Å².